The zero-order valence-electron chi connectivity index (χ0n) is 14.7. The molecule has 1 N–H and O–H groups in total. The van der Waals surface area contributed by atoms with Crippen LogP contribution in [0, 0.1) is 0 Å². The van der Waals surface area contributed by atoms with Gasteiger partial charge in [0.25, 0.3) is 5.56 Å². The molecule has 1 fully saturated rings. The van der Waals surface area contributed by atoms with Gasteiger partial charge in [-0.15, -0.1) is 0 Å². The molecule has 1 saturated heterocycles. The summed E-state index contributed by atoms with van der Waals surface area (Å²) in [5, 5.41) is 2.04. The van der Waals surface area contributed by atoms with E-state index in [0.29, 0.717) is 35.5 Å². The van der Waals surface area contributed by atoms with Crippen LogP contribution in [-0.2, 0) is 22.3 Å². The van der Waals surface area contributed by atoms with E-state index in [2.05, 4.69) is 5.32 Å². The molecule has 1 aliphatic rings. The average molecular weight is 448 g/mol. The number of pyridine rings is 1. The first-order chi connectivity index (χ1) is 13.6. The average Bonchev–Trinajstić information content (AvgIpc) is 3.03. The first-order valence-corrected chi connectivity index (χ1v) is 9.19. The Kier molecular flexibility index (Phi) is 5.90. The van der Waals surface area contributed by atoms with Gasteiger partial charge in [-0.05, 0) is 30.7 Å². The van der Waals surface area contributed by atoms with E-state index in [-0.39, 0.29) is 16.6 Å². The highest BCUT2D eigenvalue weighted by molar-refractivity contribution is 6.34. The third-order valence-electron chi connectivity index (χ3n) is 4.28. The molecule has 0 saturated carbocycles. The molecule has 29 heavy (non-hydrogen) atoms. The minimum atomic E-state index is -4.72. The van der Waals surface area contributed by atoms with E-state index in [1.54, 1.807) is 6.07 Å². The van der Waals surface area contributed by atoms with Crippen molar-refractivity contribution in [3.63, 3.8) is 0 Å². The number of hydrogen-bond acceptors (Lipinski definition) is 3. The lowest BCUT2D eigenvalue weighted by Gasteiger charge is -2.18. The number of halogens is 5. The number of nitrogens with zero attached hydrogens (tertiary/aromatic N) is 2. The van der Waals surface area contributed by atoms with E-state index in [1.807, 2.05) is 0 Å². The monoisotopic (exact) mass is 447 g/mol. The van der Waals surface area contributed by atoms with Gasteiger partial charge in [0.05, 0.1) is 16.3 Å². The first kappa shape index (κ1) is 21.2. The fraction of sp³-hybridized carbons (Fsp3) is 0.278. The minimum absolute atomic E-state index is 0.0514. The standard InChI is InChI=1S/C18H14Cl2F3N3O3/c19-12-7-11(3-4-14(12)26-5-1-2-16(26)28)24-15(27)9-25-8-10(18(21,22)23)6-13(20)17(25)29/h3-4,6-8H,1-2,5,9H2,(H,24,27). The molecule has 0 atom stereocenters. The third kappa shape index (κ3) is 4.73. The lowest BCUT2D eigenvalue weighted by Crippen LogP contribution is -2.29. The molecule has 11 heteroatoms. The van der Waals surface area contributed by atoms with Gasteiger partial charge in [-0.3, -0.25) is 14.4 Å². The second-order valence-corrected chi connectivity index (χ2v) is 7.19. The molecular weight excluding hydrogens is 434 g/mol. The van der Waals surface area contributed by atoms with Gasteiger partial charge in [0.1, 0.15) is 11.6 Å². The zero-order valence-corrected chi connectivity index (χ0v) is 16.2. The Labute approximate surface area is 172 Å². The number of hydrogen-bond donors (Lipinski definition) is 1. The van der Waals surface area contributed by atoms with Gasteiger partial charge in [0.2, 0.25) is 11.8 Å². The van der Waals surface area contributed by atoms with Crippen molar-refractivity contribution in [1.29, 1.82) is 0 Å². The number of nitrogens with one attached hydrogen (secondary N) is 1. The summed E-state index contributed by atoms with van der Waals surface area (Å²) in [6.45, 7) is -0.129. The normalized spacial score (nSPS) is 14.4. The van der Waals surface area contributed by atoms with E-state index < -0.39 is 34.8 Å². The van der Waals surface area contributed by atoms with Crippen LogP contribution in [-0.4, -0.2) is 22.9 Å². The van der Waals surface area contributed by atoms with Gasteiger partial charge in [0, 0.05) is 24.8 Å². The molecule has 0 spiro atoms. The van der Waals surface area contributed by atoms with Gasteiger partial charge < -0.3 is 14.8 Å². The fourth-order valence-corrected chi connectivity index (χ4v) is 3.44. The summed E-state index contributed by atoms with van der Waals surface area (Å²) in [5.41, 5.74) is -1.29. The number of amides is 2. The van der Waals surface area contributed by atoms with Crippen LogP contribution in [0.25, 0.3) is 0 Å². The molecule has 2 amide bonds. The summed E-state index contributed by atoms with van der Waals surface area (Å²) in [5.74, 6) is -0.798. The number of carbonyl (C=O) groups is 2. The Bertz CT molecular complexity index is 1040. The molecule has 1 aromatic heterocycles. The van der Waals surface area contributed by atoms with E-state index in [9.17, 15) is 27.6 Å². The number of carbonyl (C=O) groups excluding carboxylic acids is 2. The lowest BCUT2D eigenvalue weighted by molar-refractivity contribution is -0.138. The second-order valence-electron chi connectivity index (χ2n) is 6.37. The Morgan fingerprint density at radius 2 is 1.86 bits per heavy atom. The molecule has 154 valence electrons. The quantitative estimate of drug-likeness (QED) is 0.771. The highest BCUT2D eigenvalue weighted by Crippen LogP contribution is 2.32. The maximum atomic E-state index is 12.9. The number of aromatic nitrogens is 1. The third-order valence-corrected chi connectivity index (χ3v) is 4.85. The number of benzene rings is 1. The van der Waals surface area contributed by atoms with Crippen LogP contribution >= 0.6 is 23.2 Å². The van der Waals surface area contributed by atoms with Crippen LogP contribution in [0.4, 0.5) is 24.5 Å². The van der Waals surface area contributed by atoms with Gasteiger partial charge in [-0.1, -0.05) is 23.2 Å². The van der Waals surface area contributed by atoms with Crippen LogP contribution in [0.3, 0.4) is 0 Å². The SMILES string of the molecule is O=C(Cn1cc(C(F)(F)F)cc(Cl)c1=O)Nc1ccc(N2CCCC2=O)c(Cl)c1. The van der Waals surface area contributed by atoms with Crippen LogP contribution in [0.1, 0.15) is 18.4 Å². The van der Waals surface area contributed by atoms with Crippen molar-refractivity contribution in [1.82, 2.24) is 4.57 Å². The molecule has 3 rings (SSSR count). The molecule has 0 aliphatic carbocycles. The van der Waals surface area contributed by atoms with Gasteiger partial charge in [-0.25, -0.2) is 0 Å². The number of rotatable bonds is 4. The summed E-state index contributed by atoms with van der Waals surface area (Å²) in [6.07, 6.45) is -3.03. The number of alkyl halides is 3. The van der Waals surface area contributed by atoms with Crippen molar-refractivity contribution in [2.75, 3.05) is 16.8 Å². The lowest BCUT2D eigenvalue weighted by atomic mass is 10.2. The van der Waals surface area contributed by atoms with Crippen LogP contribution in [0.15, 0.2) is 35.3 Å². The van der Waals surface area contributed by atoms with Gasteiger partial charge in [0.15, 0.2) is 0 Å². The Hall–Kier alpha value is -2.52. The van der Waals surface area contributed by atoms with E-state index in [0.717, 1.165) is 6.42 Å². The number of anilines is 2. The molecule has 6 nitrogen and oxygen atoms in total. The maximum Gasteiger partial charge on any atom is 0.417 e. The highest BCUT2D eigenvalue weighted by Gasteiger charge is 2.32. The van der Waals surface area contributed by atoms with E-state index >= 15 is 0 Å². The summed E-state index contributed by atoms with van der Waals surface area (Å²) in [6, 6.07) is 5.00. The predicted molar refractivity (Wildman–Crippen MR) is 102 cm³/mol. The minimum Gasteiger partial charge on any atom is -0.324 e. The van der Waals surface area contributed by atoms with Crippen molar-refractivity contribution >= 4 is 46.4 Å². The van der Waals surface area contributed by atoms with E-state index in [1.165, 1.54) is 17.0 Å². The molecule has 2 aromatic rings. The summed E-state index contributed by atoms with van der Waals surface area (Å²) in [7, 11) is 0. The fourth-order valence-electron chi connectivity index (χ4n) is 2.93. The topological polar surface area (TPSA) is 71.4 Å². The van der Waals surface area contributed by atoms with Crippen molar-refractivity contribution in [3.05, 3.63) is 56.4 Å². The molecular formula is C18H14Cl2F3N3O3. The van der Waals surface area contributed by atoms with Gasteiger partial charge in [-0.2, -0.15) is 13.2 Å². The first-order valence-electron chi connectivity index (χ1n) is 8.43. The molecule has 1 aliphatic heterocycles. The van der Waals surface area contributed by atoms with E-state index in [4.69, 9.17) is 23.2 Å². The maximum absolute atomic E-state index is 12.9. The Morgan fingerprint density at radius 1 is 1.14 bits per heavy atom. The van der Waals surface area contributed by atoms with Crippen molar-refractivity contribution < 1.29 is 22.8 Å². The van der Waals surface area contributed by atoms with Gasteiger partial charge >= 0.3 is 6.18 Å². The summed E-state index contributed by atoms with van der Waals surface area (Å²) >= 11 is 11.8. The summed E-state index contributed by atoms with van der Waals surface area (Å²) in [4.78, 5) is 37.5. The van der Waals surface area contributed by atoms with Crippen molar-refractivity contribution in [3.8, 4) is 0 Å². The van der Waals surface area contributed by atoms with Crippen molar-refractivity contribution in [2.24, 2.45) is 0 Å². The van der Waals surface area contributed by atoms with Crippen molar-refractivity contribution in [2.45, 2.75) is 25.6 Å². The van der Waals surface area contributed by atoms with Crippen LogP contribution in [0.2, 0.25) is 10.0 Å². The van der Waals surface area contributed by atoms with Crippen LogP contribution < -0.4 is 15.8 Å². The molecule has 1 aromatic carbocycles. The zero-order chi connectivity index (χ0) is 21.3. The molecule has 0 radical (unpaired) electrons. The Balaban J connectivity index is 1.76. The second kappa shape index (κ2) is 8.08. The molecule has 0 unspecified atom stereocenters. The Morgan fingerprint density at radius 3 is 2.45 bits per heavy atom. The highest BCUT2D eigenvalue weighted by atomic mass is 35.5. The molecule has 2 heterocycles. The van der Waals surface area contributed by atoms with Crippen LogP contribution in [0.5, 0.6) is 0 Å². The smallest absolute Gasteiger partial charge is 0.324 e. The summed E-state index contributed by atoms with van der Waals surface area (Å²) < 4.78 is 39.2. The molecule has 0 bridgehead atoms. The predicted octanol–water partition coefficient (Wildman–Crippen LogP) is 3.94. The largest absolute Gasteiger partial charge is 0.417 e.